The largest absolute Gasteiger partial charge is 0.379 e. The van der Waals surface area contributed by atoms with Crippen LogP contribution in [0.3, 0.4) is 0 Å². The second-order valence-electron chi connectivity index (χ2n) is 7.92. The lowest BCUT2D eigenvalue weighted by Crippen LogP contribution is -2.40. The summed E-state index contributed by atoms with van der Waals surface area (Å²) < 4.78 is 33.0. The van der Waals surface area contributed by atoms with Crippen LogP contribution in [0.2, 0.25) is 0 Å². The van der Waals surface area contributed by atoms with Gasteiger partial charge in [0.2, 0.25) is 10.0 Å². The molecule has 0 saturated carbocycles. The number of amides is 1. The van der Waals surface area contributed by atoms with Gasteiger partial charge in [-0.3, -0.25) is 4.79 Å². The number of ether oxygens (including phenoxy) is 1. The first-order chi connectivity index (χ1) is 16.0. The number of morpholine rings is 1. The van der Waals surface area contributed by atoms with Gasteiger partial charge in [-0.05, 0) is 42.7 Å². The smallest absolute Gasteiger partial charge is 0.266 e. The second kappa shape index (κ2) is 10.2. The number of hydrogen-bond acceptors (Lipinski definition) is 6. The molecular formula is C24H26N4O4S. The summed E-state index contributed by atoms with van der Waals surface area (Å²) in [6.07, 6.45) is 3.57. The molecule has 8 nitrogen and oxygen atoms in total. The Morgan fingerprint density at radius 3 is 2.39 bits per heavy atom. The standard InChI is InChI=1S/C24H26N4O4S/c25-18-20(16-19-6-2-1-3-7-19)24(29)26-22-17-21(8-9-23(22)27-10-4-5-11-27)33(30,31)28-12-14-32-15-13-28/h1-3,6-9,16-17H,4-5,10-15H2,(H,26,29). The number of nitrogens with one attached hydrogen (secondary N) is 1. The first kappa shape index (κ1) is 23.0. The van der Waals surface area contributed by atoms with Crippen LogP contribution in [0.5, 0.6) is 0 Å². The minimum absolute atomic E-state index is 0.0602. The molecule has 2 saturated heterocycles. The van der Waals surface area contributed by atoms with Crippen molar-refractivity contribution in [2.45, 2.75) is 17.7 Å². The zero-order valence-corrected chi connectivity index (χ0v) is 19.1. The molecule has 0 aromatic heterocycles. The lowest BCUT2D eigenvalue weighted by atomic mass is 10.1. The number of sulfonamides is 1. The van der Waals surface area contributed by atoms with Gasteiger partial charge in [0.1, 0.15) is 11.6 Å². The molecule has 0 atom stereocenters. The molecule has 2 heterocycles. The van der Waals surface area contributed by atoms with E-state index in [0.29, 0.717) is 18.9 Å². The first-order valence-electron chi connectivity index (χ1n) is 10.9. The van der Waals surface area contributed by atoms with Gasteiger partial charge < -0.3 is 15.0 Å². The topological polar surface area (TPSA) is 103 Å². The van der Waals surface area contributed by atoms with Crippen LogP contribution in [0.1, 0.15) is 18.4 Å². The quantitative estimate of drug-likeness (QED) is 0.519. The van der Waals surface area contributed by atoms with Crippen molar-refractivity contribution in [3.8, 4) is 6.07 Å². The Balaban J connectivity index is 1.67. The van der Waals surface area contributed by atoms with Gasteiger partial charge in [-0.25, -0.2) is 8.42 Å². The molecule has 1 amide bonds. The summed E-state index contributed by atoms with van der Waals surface area (Å²) in [5.74, 6) is -0.581. The predicted octanol–water partition coefficient (Wildman–Crippen LogP) is 2.85. The summed E-state index contributed by atoms with van der Waals surface area (Å²) in [6.45, 7) is 2.92. The molecule has 2 aromatic carbocycles. The Morgan fingerprint density at radius 2 is 1.73 bits per heavy atom. The number of carbonyl (C=O) groups excluding carboxylic acids is 1. The van der Waals surface area contributed by atoms with Gasteiger partial charge in [-0.1, -0.05) is 30.3 Å². The maximum Gasteiger partial charge on any atom is 0.266 e. The SMILES string of the molecule is N#CC(=Cc1ccccc1)C(=O)Nc1cc(S(=O)(=O)N2CCOCC2)ccc1N1CCCC1. The molecule has 0 bridgehead atoms. The summed E-state index contributed by atoms with van der Waals surface area (Å²) in [4.78, 5) is 15.2. The van der Waals surface area contributed by atoms with Gasteiger partial charge in [-0.15, -0.1) is 0 Å². The molecule has 33 heavy (non-hydrogen) atoms. The maximum atomic E-state index is 13.2. The highest BCUT2D eigenvalue weighted by molar-refractivity contribution is 7.89. The fourth-order valence-electron chi connectivity index (χ4n) is 4.00. The van der Waals surface area contributed by atoms with E-state index in [0.717, 1.165) is 37.2 Å². The molecular weight excluding hydrogens is 440 g/mol. The highest BCUT2D eigenvalue weighted by Gasteiger charge is 2.28. The summed E-state index contributed by atoms with van der Waals surface area (Å²) in [6, 6.07) is 15.9. The van der Waals surface area contributed by atoms with E-state index in [9.17, 15) is 18.5 Å². The van der Waals surface area contributed by atoms with E-state index in [-0.39, 0.29) is 23.6 Å². The van der Waals surface area contributed by atoms with E-state index in [1.807, 2.05) is 24.3 Å². The maximum absolute atomic E-state index is 13.2. The molecule has 2 aliphatic heterocycles. The molecule has 1 N–H and O–H groups in total. The lowest BCUT2D eigenvalue weighted by Gasteiger charge is -2.27. The molecule has 172 valence electrons. The number of benzene rings is 2. The molecule has 0 aliphatic carbocycles. The Hall–Kier alpha value is -3.19. The molecule has 0 unspecified atom stereocenters. The number of carbonyl (C=O) groups is 1. The summed E-state index contributed by atoms with van der Waals surface area (Å²) >= 11 is 0. The van der Waals surface area contributed by atoms with Crippen molar-refractivity contribution >= 4 is 33.4 Å². The predicted molar refractivity (Wildman–Crippen MR) is 126 cm³/mol. The van der Waals surface area contributed by atoms with E-state index in [4.69, 9.17) is 4.74 Å². The fraction of sp³-hybridized carbons (Fsp3) is 0.333. The van der Waals surface area contributed by atoms with E-state index in [2.05, 4.69) is 10.2 Å². The number of nitrogens with zero attached hydrogens (tertiary/aromatic N) is 3. The average molecular weight is 467 g/mol. The number of hydrogen-bond donors (Lipinski definition) is 1. The van der Waals surface area contributed by atoms with Gasteiger partial charge in [0.05, 0.1) is 29.5 Å². The Morgan fingerprint density at radius 1 is 1.03 bits per heavy atom. The van der Waals surface area contributed by atoms with Gasteiger partial charge in [0.15, 0.2) is 0 Å². The molecule has 2 aromatic rings. The molecule has 9 heteroatoms. The Labute approximate surface area is 194 Å². The zero-order valence-electron chi connectivity index (χ0n) is 18.2. The molecule has 4 rings (SSSR count). The first-order valence-corrected chi connectivity index (χ1v) is 12.4. The van der Waals surface area contributed by atoms with Crippen molar-refractivity contribution in [3.63, 3.8) is 0 Å². The van der Waals surface area contributed by atoms with Crippen molar-refractivity contribution in [2.75, 3.05) is 49.6 Å². The number of rotatable bonds is 6. The third kappa shape index (κ3) is 5.25. The Kier molecular flexibility index (Phi) is 7.08. The van der Waals surface area contributed by atoms with Crippen LogP contribution >= 0.6 is 0 Å². The van der Waals surface area contributed by atoms with Crippen LogP contribution in [0.15, 0.2) is 59.0 Å². The number of nitriles is 1. The molecule has 0 radical (unpaired) electrons. The van der Waals surface area contributed by atoms with Crippen LogP contribution in [0, 0.1) is 11.3 Å². The molecule has 2 fully saturated rings. The van der Waals surface area contributed by atoms with Gasteiger partial charge in [-0.2, -0.15) is 9.57 Å². The number of anilines is 2. The van der Waals surface area contributed by atoms with Gasteiger partial charge >= 0.3 is 0 Å². The van der Waals surface area contributed by atoms with E-state index < -0.39 is 15.9 Å². The van der Waals surface area contributed by atoms with E-state index >= 15 is 0 Å². The van der Waals surface area contributed by atoms with Gasteiger partial charge in [0, 0.05) is 26.2 Å². The highest BCUT2D eigenvalue weighted by Crippen LogP contribution is 2.33. The van der Waals surface area contributed by atoms with Gasteiger partial charge in [0.25, 0.3) is 5.91 Å². The third-order valence-corrected chi connectivity index (χ3v) is 7.64. The molecule has 0 spiro atoms. The van der Waals surface area contributed by atoms with Crippen molar-refractivity contribution < 1.29 is 17.9 Å². The van der Waals surface area contributed by atoms with Crippen LogP contribution in [0.4, 0.5) is 11.4 Å². The monoisotopic (exact) mass is 466 g/mol. The summed E-state index contributed by atoms with van der Waals surface area (Å²) in [5.41, 5.74) is 1.80. The molecule has 2 aliphatic rings. The van der Waals surface area contributed by atoms with Crippen molar-refractivity contribution in [1.82, 2.24) is 4.31 Å². The highest BCUT2D eigenvalue weighted by atomic mass is 32.2. The van der Waals surface area contributed by atoms with Crippen LogP contribution in [-0.4, -0.2) is 58.0 Å². The minimum atomic E-state index is -3.73. The van der Waals surface area contributed by atoms with Crippen LogP contribution in [-0.2, 0) is 19.6 Å². The van der Waals surface area contributed by atoms with Crippen molar-refractivity contribution in [2.24, 2.45) is 0 Å². The zero-order chi connectivity index (χ0) is 23.3. The van der Waals surface area contributed by atoms with E-state index in [1.54, 1.807) is 24.3 Å². The summed E-state index contributed by atoms with van der Waals surface area (Å²) in [7, 11) is -3.73. The van der Waals surface area contributed by atoms with Crippen molar-refractivity contribution in [1.29, 1.82) is 5.26 Å². The van der Waals surface area contributed by atoms with Crippen LogP contribution in [0.25, 0.3) is 6.08 Å². The Bertz CT molecular complexity index is 1180. The average Bonchev–Trinajstić information content (AvgIpc) is 3.38. The third-order valence-electron chi connectivity index (χ3n) is 5.75. The van der Waals surface area contributed by atoms with Crippen LogP contribution < -0.4 is 10.2 Å². The fourth-order valence-corrected chi connectivity index (χ4v) is 5.43. The van der Waals surface area contributed by atoms with Crippen molar-refractivity contribution in [3.05, 3.63) is 59.7 Å². The second-order valence-corrected chi connectivity index (χ2v) is 9.86. The van der Waals surface area contributed by atoms with E-state index in [1.165, 1.54) is 16.4 Å². The normalized spacial score (nSPS) is 17.5. The lowest BCUT2D eigenvalue weighted by molar-refractivity contribution is -0.112. The summed E-state index contributed by atoms with van der Waals surface area (Å²) in [5, 5.41) is 12.4. The minimum Gasteiger partial charge on any atom is -0.379 e.